The van der Waals surface area contributed by atoms with Gasteiger partial charge < -0.3 is 15.8 Å². The molecule has 1 heterocycles. The average molecular weight is 263 g/mol. The van der Waals surface area contributed by atoms with E-state index in [1.54, 1.807) is 7.11 Å². The van der Waals surface area contributed by atoms with Gasteiger partial charge in [0.15, 0.2) is 0 Å². The van der Waals surface area contributed by atoms with Crippen LogP contribution in [0.5, 0.6) is 5.75 Å². The van der Waals surface area contributed by atoms with Crippen molar-refractivity contribution in [3.63, 3.8) is 0 Å². The van der Waals surface area contributed by atoms with Crippen molar-refractivity contribution in [2.24, 2.45) is 5.73 Å². The van der Waals surface area contributed by atoms with Gasteiger partial charge in [-0.05, 0) is 38.1 Å². The number of nitrogens with two attached hydrogens (primary N) is 1. The van der Waals surface area contributed by atoms with Gasteiger partial charge in [-0.1, -0.05) is 6.07 Å². The third-order valence-corrected chi connectivity index (χ3v) is 4.02. The van der Waals surface area contributed by atoms with Gasteiger partial charge in [0.1, 0.15) is 5.75 Å². The van der Waals surface area contributed by atoms with Crippen LogP contribution in [0.1, 0.15) is 22.7 Å². The highest BCUT2D eigenvalue weighted by molar-refractivity contribution is 5.45. The summed E-state index contributed by atoms with van der Waals surface area (Å²) in [6, 6.07) is 4.52. The van der Waals surface area contributed by atoms with Crippen molar-refractivity contribution in [1.29, 1.82) is 0 Å². The van der Waals surface area contributed by atoms with Gasteiger partial charge in [0.25, 0.3) is 0 Å². The summed E-state index contributed by atoms with van der Waals surface area (Å²) in [5.41, 5.74) is 10.1. The van der Waals surface area contributed by atoms with Crippen LogP contribution in [0, 0.1) is 13.8 Å². The average Bonchev–Trinajstić information content (AvgIpc) is 2.37. The summed E-state index contributed by atoms with van der Waals surface area (Å²) < 4.78 is 5.54. The molecule has 4 heteroatoms. The molecule has 1 fully saturated rings. The molecule has 0 radical (unpaired) electrons. The number of piperazine rings is 1. The number of aryl methyl sites for hydroxylation is 2. The van der Waals surface area contributed by atoms with Crippen molar-refractivity contribution in [2.75, 3.05) is 33.8 Å². The number of nitrogens with one attached hydrogen (secondary N) is 1. The lowest BCUT2D eigenvalue weighted by molar-refractivity contribution is 0.172. The molecule has 1 aromatic carbocycles. The number of rotatable bonds is 3. The maximum Gasteiger partial charge on any atom is 0.124 e. The number of nitrogens with zero attached hydrogens (tertiary/aromatic N) is 1. The van der Waals surface area contributed by atoms with E-state index in [-0.39, 0.29) is 6.04 Å². The van der Waals surface area contributed by atoms with Crippen LogP contribution in [-0.4, -0.2) is 44.7 Å². The third kappa shape index (κ3) is 2.91. The molecule has 0 aliphatic carbocycles. The Hall–Kier alpha value is -1.10. The largest absolute Gasteiger partial charge is 0.496 e. The fourth-order valence-electron chi connectivity index (χ4n) is 2.96. The van der Waals surface area contributed by atoms with E-state index >= 15 is 0 Å². The Labute approximate surface area is 115 Å². The molecule has 2 atom stereocenters. The molecule has 1 aromatic rings. The Morgan fingerprint density at radius 3 is 2.79 bits per heavy atom. The minimum absolute atomic E-state index is 0.0339. The van der Waals surface area contributed by atoms with Crippen LogP contribution in [0.3, 0.4) is 0 Å². The first-order valence-electron chi connectivity index (χ1n) is 6.86. The minimum Gasteiger partial charge on any atom is -0.496 e. The molecule has 0 aromatic heterocycles. The lowest BCUT2D eigenvalue weighted by atomic mass is 9.92. The zero-order valence-corrected chi connectivity index (χ0v) is 12.4. The van der Waals surface area contributed by atoms with E-state index in [0.29, 0.717) is 6.04 Å². The summed E-state index contributed by atoms with van der Waals surface area (Å²) in [5, 5.41) is 3.42. The Morgan fingerprint density at radius 1 is 1.42 bits per heavy atom. The highest BCUT2D eigenvalue weighted by Gasteiger charge is 2.29. The van der Waals surface area contributed by atoms with Gasteiger partial charge in [-0.25, -0.2) is 0 Å². The van der Waals surface area contributed by atoms with Gasteiger partial charge in [0, 0.05) is 31.2 Å². The van der Waals surface area contributed by atoms with Gasteiger partial charge in [-0.3, -0.25) is 4.90 Å². The predicted molar refractivity (Wildman–Crippen MR) is 78.7 cm³/mol. The lowest BCUT2D eigenvalue weighted by Crippen LogP contribution is -2.53. The second-order valence-corrected chi connectivity index (χ2v) is 5.48. The normalized spacial score (nSPS) is 22.3. The van der Waals surface area contributed by atoms with Crippen molar-refractivity contribution in [3.8, 4) is 5.75 Å². The van der Waals surface area contributed by atoms with Crippen molar-refractivity contribution in [1.82, 2.24) is 10.2 Å². The molecule has 0 amide bonds. The minimum atomic E-state index is -0.0339. The molecule has 4 nitrogen and oxygen atoms in total. The summed E-state index contributed by atoms with van der Waals surface area (Å²) in [7, 11) is 3.86. The van der Waals surface area contributed by atoms with Crippen molar-refractivity contribution >= 4 is 0 Å². The van der Waals surface area contributed by atoms with E-state index in [0.717, 1.165) is 30.9 Å². The first-order chi connectivity index (χ1) is 9.04. The molecular weight excluding hydrogens is 238 g/mol. The molecule has 1 aliphatic heterocycles. The smallest absolute Gasteiger partial charge is 0.124 e. The topological polar surface area (TPSA) is 50.5 Å². The van der Waals surface area contributed by atoms with E-state index in [9.17, 15) is 0 Å². The summed E-state index contributed by atoms with van der Waals surface area (Å²) in [5.74, 6) is 0.906. The van der Waals surface area contributed by atoms with Crippen molar-refractivity contribution in [3.05, 3.63) is 28.8 Å². The number of benzene rings is 1. The monoisotopic (exact) mass is 263 g/mol. The molecule has 0 spiro atoms. The molecule has 1 saturated heterocycles. The van der Waals surface area contributed by atoms with Gasteiger partial charge in [0.2, 0.25) is 0 Å². The fraction of sp³-hybridized carbons (Fsp3) is 0.600. The Kier molecular flexibility index (Phi) is 4.45. The van der Waals surface area contributed by atoms with Crippen LogP contribution in [-0.2, 0) is 0 Å². The highest BCUT2D eigenvalue weighted by atomic mass is 16.5. The molecule has 106 valence electrons. The van der Waals surface area contributed by atoms with E-state index < -0.39 is 0 Å². The van der Waals surface area contributed by atoms with Crippen molar-refractivity contribution in [2.45, 2.75) is 25.9 Å². The first kappa shape index (κ1) is 14.3. The lowest BCUT2D eigenvalue weighted by Gasteiger charge is -2.37. The standard InChI is InChI=1S/C15H25N3O/c1-10-7-11(2)14(13(8-10)19-4)15(16)12-9-17-5-6-18(12)3/h7-8,12,15,17H,5-6,9,16H2,1-4H3. The van der Waals surface area contributed by atoms with E-state index in [2.05, 4.69) is 43.2 Å². The summed E-state index contributed by atoms with van der Waals surface area (Å²) >= 11 is 0. The van der Waals surface area contributed by atoms with Crippen LogP contribution in [0.2, 0.25) is 0 Å². The van der Waals surface area contributed by atoms with Gasteiger partial charge >= 0.3 is 0 Å². The molecule has 0 bridgehead atoms. The third-order valence-electron chi connectivity index (χ3n) is 4.02. The molecule has 19 heavy (non-hydrogen) atoms. The first-order valence-corrected chi connectivity index (χ1v) is 6.86. The Bertz CT molecular complexity index is 447. The molecule has 2 rings (SSSR count). The fourth-order valence-corrected chi connectivity index (χ4v) is 2.96. The summed E-state index contributed by atoms with van der Waals surface area (Å²) in [4.78, 5) is 2.33. The van der Waals surface area contributed by atoms with E-state index in [4.69, 9.17) is 10.5 Å². The van der Waals surface area contributed by atoms with Crippen LogP contribution < -0.4 is 15.8 Å². The molecule has 0 saturated carbocycles. The van der Waals surface area contributed by atoms with E-state index in [1.165, 1.54) is 11.1 Å². The number of ether oxygens (including phenoxy) is 1. The Morgan fingerprint density at radius 2 is 2.16 bits per heavy atom. The number of methoxy groups -OCH3 is 1. The number of hydrogen-bond donors (Lipinski definition) is 2. The van der Waals surface area contributed by atoms with Crippen LogP contribution >= 0.6 is 0 Å². The number of likely N-dealkylation sites (N-methyl/N-ethyl adjacent to an activating group) is 1. The van der Waals surface area contributed by atoms with Crippen LogP contribution in [0.25, 0.3) is 0 Å². The maximum atomic E-state index is 6.53. The van der Waals surface area contributed by atoms with Gasteiger partial charge in [-0.2, -0.15) is 0 Å². The Balaban J connectivity index is 2.34. The predicted octanol–water partition coefficient (Wildman–Crippen LogP) is 1.22. The molecule has 1 aliphatic rings. The summed E-state index contributed by atoms with van der Waals surface area (Å²) in [6.45, 7) is 7.18. The SMILES string of the molecule is COc1cc(C)cc(C)c1C(N)C1CNCCN1C. The molecule has 3 N–H and O–H groups in total. The second kappa shape index (κ2) is 5.90. The van der Waals surface area contributed by atoms with Gasteiger partial charge in [0.05, 0.1) is 13.2 Å². The zero-order chi connectivity index (χ0) is 14.0. The maximum absolute atomic E-state index is 6.53. The van der Waals surface area contributed by atoms with Crippen LogP contribution in [0.4, 0.5) is 0 Å². The van der Waals surface area contributed by atoms with E-state index in [1.807, 2.05) is 0 Å². The highest BCUT2D eigenvalue weighted by Crippen LogP contribution is 2.32. The molecule has 2 unspecified atom stereocenters. The van der Waals surface area contributed by atoms with Crippen molar-refractivity contribution < 1.29 is 4.74 Å². The van der Waals surface area contributed by atoms with Crippen LogP contribution in [0.15, 0.2) is 12.1 Å². The second-order valence-electron chi connectivity index (χ2n) is 5.48. The zero-order valence-electron chi connectivity index (χ0n) is 12.4. The molecular formula is C15H25N3O. The summed E-state index contributed by atoms with van der Waals surface area (Å²) in [6.07, 6.45) is 0. The van der Waals surface area contributed by atoms with Gasteiger partial charge in [-0.15, -0.1) is 0 Å². The number of hydrogen-bond acceptors (Lipinski definition) is 4. The quantitative estimate of drug-likeness (QED) is 0.861.